The molecule has 0 aliphatic rings. The minimum atomic E-state index is -0.0711. The predicted octanol–water partition coefficient (Wildman–Crippen LogP) is 5.65. The Morgan fingerprint density at radius 2 is 1.81 bits per heavy atom. The number of fused-ring (bicyclic) bond motifs is 2. The highest BCUT2D eigenvalue weighted by Crippen LogP contribution is 2.21. The molecule has 6 heteroatoms. The van der Waals surface area contributed by atoms with Gasteiger partial charge in [-0.15, -0.1) is 11.3 Å². The largest absolute Gasteiger partial charge is 0.494 e. The summed E-state index contributed by atoms with van der Waals surface area (Å²) in [6.07, 6.45) is 0.832. The zero-order chi connectivity index (χ0) is 21.8. The molecule has 0 fully saturated rings. The van der Waals surface area contributed by atoms with Gasteiger partial charge in [0, 0.05) is 6.54 Å². The second-order valence-corrected chi connectivity index (χ2v) is 8.49. The van der Waals surface area contributed by atoms with Crippen LogP contribution >= 0.6 is 11.3 Å². The van der Waals surface area contributed by atoms with Crippen molar-refractivity contribution in [3.05, 3.63) is 94.9 Å². The van der Waals surface area contributed by atoms with Crippen LogP contribution in [0.5, 0.6) is 5.75 Å². The second-order valence-electron chi connectivity index (χ2n) is 7.54. The van der Waals surface area contributed by atoms with E-state index >= 15 is 0 Å². The molecule has 0 bridgehead atoms. The number of imidazole rings is 1. The van der Waals surface area contributed by atoms with E-state index in [4.69, 9.17) is 9.72 Å². The summed E-state index contributed by atoms with van der Waals surface area (Å²) in [5.74, 6) is 1.66. The molecule has 2 heterocycles. The fourth-order valence-electron chi connectivity index (χ4n) is 3.83. The molecule has 5 rings (SSSR count). The van der Waals surface area contributed by atoms with Crippen molar-refractivity contribution in [2.24, 2.45) is 0 Å². The molecule has 160 valence electrons. The first-order valence-electron chi connectivity index (χ1n) is 10.7. The van der Waals surface area contributed by atoms with Crippen LogP contribution in [0.1, 0.15) is 21.9 Å². The Bertz CT molecular complexity index is 1360. The van der Waals surface area contributed by atoms with Gasteiger partial charge in [-0.3, -0.25) is 4.79 Å². The molecule has 2 aromatic heterocycles. The Labute approximate surface area is 190 Å². The lowest BCUT2D eigenvalue weighted by Crippen LogP contribution is -2.24. The first-order chi connectivity index (χ1) is 15.8. The van der Waals surface area contributed by atoms with E-state index in [1.54, 1.807) is 0 Å². The van der Waals surface area contributed by atoms with Crippen LogP contribution in [0.15, 0.2) is 84.2 Å². The van der Waals surface area contributed by atoms with Crippen molar-refractivity contribution >= 4 is 39.0 Å². The van der Waals surface area contributed by atoms with Crippen LogP contribution in [0, 0.1) is 0 Å². The van der Waals surface area contributed by atoms with Gasteiger partial charge in [0.15, 0.2) is 0 Å². The van der Waals surface area contributed by atoms with Crippen molar-refractivity contribution < 1.29 is 9.53 Å². The first kappa shape index (κ1) is 20.3. The number of thiophene rings is 1. The van der Waals surface area contributed by atoms with Crippen molar-refractivity contribution in [2.45, 2.75) is 19.5 Å². The zero-order valence-electron chi connectivity index (χ0n) is 17.5. The maximum atomic E-state index is 12.4. The lowest BCUT2D eigenvalue weighted by Gasteiger charge is -2.11. The van der Waals surface area contributed by atoms with Gasteiger partial charge in [-0.1, -0.05) is 48.5 Å². The summed E-state index contributed by atoms with van der Waals surface area (Å²) < 4.78 is 8.18. The third-order valence-electron chi connectivity index (χ3n) is 5.40. The first-order valence-corrected chi connectivity index (χ1v) is 11.5. The van der Waals surface area contributed by atoms with Crippen molar-refractivity contribution in [2.75, 3.05) is 6.61 Å². The van der Waals surface area contributed by atoms with Crippen molar-refractivity contribution in [1.82, 2.24) is 14.9 Å². The Balaban J connectivity index is 1.25. The third kappa shape index (κ3) is 4.36. The van der Waals surface area contributed by atoms with Crippen molar-refractivity contribution in [1.29, 1.82) is 0 Å². The van der Waals surface area contributed by atoms with Gasteiger partial charge < -0.3 is 14.6 Å². The summed E-state index contributed by atoms with van der Waals surface area (Å²) >= 11 is 1.43. The molecule has 1 N–H and O–H groups in total. The molecule has 0 unspecified atom stereocenters. The molecule has 3 aromatic carbocycles. The molecule has 1 amide bonds. The molecule has 0 spiro atoms. The summed E-state index contributed by atoms with van der Waals surface area (Å²) in [5.41, 5.74) is 2.00. The van der Waals surface area contributed by atoms with E-state index in [-0.39, 0.29) is 5.91 Å². The summed E-state index contributed by atoms with van der Waals surface area (Å²) in [6, 6.07) is 26.2. The van der Waals surface area contributed by atoms with E-state index in [1.165, 1.54) is 22.1 Å². The van der Waals surface area contributed by atoms with Gasteiger partial charge in [-0.25, -0.2) is 4.98 Å². The molecule has 0 saturated carbocycles. The highest BCUT2D eigenvalue weighted by Gasteiger charge is 2.13. The number of aryl methyl sites for hydroxylation is 1. The number of nitrogens with zero attached hydrogens (tertiary/aromatic N) is 2. The van der Waals surface area contributed by atoms with Gasteiger partial charge in [0.2, 0.25) is 0 Å². The minimum Gasteiger partial charge on any atom is -0.494 e. The number of amides is 1. The average Bonchev–Trinajstić information content (AvgIpc) is 3.49. The van der Waals surface area contributed by atoms with Gasteiger partial charge in [0.05, 0.1) is 29.1 Å². The molecule has 32 heavy (non-hydrogen) atoms. The van der Waals surface area contributed by atoms with E-state index in [0.29, 0.717) is 18.0 Å². The Morgan fingerprint density at radius 3 is 2.69 bits per heavy atom. The summed E-state index contributed by atoms with van der Waals surface area (Å²) in [5, 5.41) is 7.28. The van der Waals surface area contributed by atoms with Crippen LogP contribution in [-0.2, 0) is 13.1 Å². The maximum Gasteiger partial charge on any atom is 0.261 e. The number of para-hydroxylation sites is 2. The van der Waals surface area contributed by atoms with Gasteiger partial charge in [-0.2, -0.15) is 0 Å². The van der Waals surface area contributed by atoms with Gasteiger partial charge in [0.1, 0.15) is 11.6 Å². The molecule has 0 saturated heterocycles. The minimum absolute atomic E-state index is 0.0711. The molecular weight excluding hydrogens is 418 g/mol. The number of benzene rings is 3. The lowest BCUT2D eigenvalue weighted by atomic mass is 10.1. The zero-order valence-corrected chi connectivity index (χ0v) is 18.3. The van der Waals surface area contributed by atoms with Crippen LogP contribution in [-0.4, -0.2) is 22.1 Å². The molecule has 0 radical (unpaired) electrons. The highest BCUT2D eigenvalue weighted by atomic mass is 32.1. The summed E-state index contributed by atoms with van der Waals surface area (Å²) in [4.78, 5) is 17.8. The van der Waals surface area contributed by atoms with Crippen LogP contribution in [0.3, 0.4) is 0 Å². The van der Waals surface area contributed by atoms with E-state index in [1.807, 2.05) is 53.9 Å². The average molecular weight is 442 g/mol. The van der Waals surface area contributed by atoms with Gasteiger partial charge in [0.25, 0.3) is 5.91 Å². The Kier molecular flexibility index (Phi) is 5.85. The van der Waals surface area contributed by atoms with Crippen molar-refractivity contribution in [3.8, 4) is 5.75 Å². The highest BCUT2D eigenvalue weighted by molar-refractivity contribution is 7.12. The van der Waals surface area contributed by atoms with Crippen LogP contribution in [0.2, 0.25) is 0 Å². The van der Waals surface area contributed by atoms with Gasteiger partial charge >= 0.3 is 0 Å². The fraction of sp³-hybridized carbons (Fsp3) is 0.154. The molecule has 0 aliphatic carbocycles. The summed E-state index contributed by atoms with van der Waals surface area (Å²) in [6.45, 7) is 1.75. The fourth-order valence-corrected chi connectivity index (χ4v) is 4.47. The van der Waals surface area contributed by atoms with Crippen molar-refractivity contribution in [3.63, 3.8) is 0 Å². The van der Waals surface area contributed by atoms with E-state index in [2.05, 4.69) is 40.2 Å². The monoisotopic (exact) mass is 441 g/mol. The number of aromatic nitrogens is 2. The Morgan fingerprint density at radius 1 is 0.969 bits per heavy atom. The number of carbonyl (C=O) groups excluding carboxylic acids is 1. The number of rotatable bonds is 8. The number of ether oxygens (including phenoxy) is 1. The predicted molar refractivity (Wildman–Crippen MR) is 129 cm³/mol. The molecule has 5 aromatic rings. The number of nitrogens with one attached hydrogen (secondary N) is 1. The standard InChI is InChI=1S/C26H23N3O2S/c30-26(24-11-5-16-32-24)27-18-25-28-22-9-3-4-10-23(22)29(25)14-6-15-31-21-13-12-19-7-1-2-8-20(19)17-21/h1-5,7-13,16-17H,6,14-15,18H2,(H,27,30). The maximum absolute atomic E-state index is 12.4. The smallest absolute Gasteiger partial charge is 0.261 e. The van der Waals surface area contributed by atoms with Crippen LogP contribution in [0.25, 0.3) is 21.8 Å². The lowest BCUT2D eigenvalue weighted by molar-refractivity contribution is 0.0953. The number of carbonyl (C=O) groups is 1. The third-order valence-corrected chi connectivity index (χ3v) is 6.27. The topological polar surface area (TPSA) is 56.2 Å². The molecule has 5 nitrogen and oxygen atoms in total. The summed E-state index contributed by atoms with van der Waals surface area (Å²) in [7, 11) is 0. The SMILES string of the molecule is O=C(NCc1nc2ccccc2n1CCCOc1ccc2ccccc2c1)c1cccs1. The molecule has 0 aliphatic heterocycles. The van der Waals surface area contributed by atoms with E-state index < -0.39 is 0 Å². The Hall–Kier alpha value is -3.64. The molecular formula is C26H23N3O2S. The molecule has 0 atom stereocenters. The number of hydrogen-bond donors (Lipinski definition) is 1. The van der Waals surface area contributed by atoms with E-state index in [9.17, 15) is 4.79 Å². The quantitative estimate of drug-likeness (QED) is 0.317. The number of hydrogen-bond acceptors (Lipinski definition) is 4. The normalized spacial score (nSPS) is 11.1. The van der Waals surface area contributed by atoms with Gasteiger partial charge in [-0.05, 0) is 52.9 Å². The van der Waals surface area contributed by atoms with Crippen LogP contribution < -0.4 is 10.1 Å². The van der Waals surface area contributed by atoms with E-state index in [0.717, 1.165) is 35.6 Å². The van der Waals surface area contributed by atoms with Crippen LogP contribution in [0.4, 0.5) is 0 Å². The second kappa shape index (κ2) is 9.24.